The second-order valence-corrected chi connectivity index (χ2v) is 5.34. The van der Waals surface area contributed by atoms with Crippen LogP contribution in [-0.4, -0.2) is 41.2 Å². The standard InChI is InChI=1S/C12H16N4OS/c1-9(16-6-4-13-5-7-16)12-14-11(15-17-12)10-3-2-8-18-10/h2-3,8-9,13H,4-7H2,1H3. The lowest BCUT2D eigenvalue weighted by Crippen LogP contribution is -2.44. The van der Waals surface area contributed by atoms with Gasteiger partial charge in [0, 0.05) is 26.2 Å². The molecule has 0 bridgehead atoms. The van der Waals surface area contributed by atoms with Crippen molar-refractivity contribution in [1.29, 1.82) is 0 Å². The molecule has 3 rings (SSSR count). The third kappa shape index (κ3) is 2.31. The van der Waals surface area contributed by atoms with Crippen LogP contribution in [0.5, 0.6) is 0 Å². The molecule has 0 aliphatic carbocycles. The van der Waals surface area contributed by atoms with Crippen LogP contribution in [-0.2, 0) is 0 Å². The summed E-state index contributed by atoms with van der Waals surface area (Å²) in [6.45, 7) is 6.22. The van der Waals surface area contributed by atoms with Gasteiger partial charge >= 0.3 is 0 Å². The van der Waals surface area contributed by atoms with Gasteiger partial charge in [0.2, 0.25) is 11.7 Å². The Kier molecular flexibility index (Phi) is 3.40. The van der Waals surface area contributed by atoms with Gasteiger partial charge in [-0.25, -0.2) is 0 Å². The second kappa shape index (κ2) is 5.17. The van der Waals surface area contributed by atoms with Crippen LogP contribution in [0.4, 0.5) is 0 Å². The second-order valence-electron chi connectivity index (χ2n) is 4.40. The minimum absolute atomic E-state index is 0.188. The molecule has 1 atom stereocenters. The minimum atomic E-state index is 0.188. The molecule has 0 aromatic carbocycles. The average molecular weight is 264 g/mol. The van der Waals surface area contributed by atoms with E-state index in [0.717, 1.165) is 31.1 Å². The molecule has 2 aromatic heterocycles. The topological polar surface area (TPSA) is 54.2 Å². The molecule has 5 nitrogen and oxygen atoms in total. The van der Waals surface area contributed by atoms with E-state index in [1.165, 1.54) is 0 Å². The highest BCUT2D eigenvalue weighted by atomic mass is 32.1. The highest BCUT2D eigenvalue weighted by Crippen LogP contribution is 2.25. The number of aromatic nitrogens is 2. The number of hydrogen-bond donors (Lipinski definition) is 1. The molecule has 1 aliphatic rings. The number of rotatable bonds is 3. The Hall–Kier alpha value is -1.24. The van der Waals surface area contributed by atoms with Gasteiger partial charge in [-0.1, -0.05) is 11.2 Å². The number of nitrogens with one attached hydrogen (secondary N) is 1. The maximum Gasteiger partial charge on any atom is 0.244 e. The summed E-state index contributed by atoms with van der Waals surface area (Å²) >= 11 is 1.63. The highest BCUT2D eigenvalue weighted by Gasteiger charge is 2.23. The van der Waals surface area contributed by atoms with Crippen LogP contribution in [0.1, 0.15) is 18.9 Å². The van der Waals surface area contributed by atoms with E-state index in [4.69, 9.17) is 4.52 Å². The predicted octanol–water partition coefficient (Wildman–Crippen LogP) is 1.76. The van der Waals surface area contributed by atoms with Crippen molar-refractivity contribution in [3.63, 3.8) is 0 Å². The molecule has 1 saturated heterocycles. The van der Waals surface area contributed by atoms with Crippen LogP contribution < -0.4 is 5.32 Å². The summed E-state index contributed by atoms with van der Waals surface area (Å²) in [5.74, 6) is 1.40. The van der Waals surface area contributed by atoms with Gasteiger partial charge in [-0.2, -0.15) is 4.98 Å². The quantitative estimate of drug-likeness (QED) is 0.915. The molecule has 0 spiro atoms. The Morgan fingerprint density at radius 1 is 1.44 bits per heavy atom. The molecule has 0 radical (unpaired) electrons. The van der Waals surface area contributed by atoms with Crippen LogP contribution in [0, 0.1) is 0 Å². The third-order valence-corrected chi connectivity index (χ3v) is 4.11. The summed E-state index contributed by atoms with van der Waals surface area (Å²) < 4.78 is 5.39. The van der Waals surface area contributed by atoms with Crippen molar-refractivity contribution < 1.29 is 4.52 Å². The van der Waals surface area contributed by atoms with Crippen LogP contribution in [0.2, 0.25) is 0 Å². The van der Waals surface area contributed by atoms with Crippen LogP contribution in [0.15, 0.2) is 22.0 Å². The van der Waals surface area contributed by atoms with Gasteiger partial charge in [0.1, 0.15) is 0 Å². The van der Waals surface area contributed by atoms with Crippen molar-refractivity contribution in [2.75, 3.05) is 26.2 Å². The summed E-state index contributed by atoms with van der Waals surface area (Å²) in [5.41, 5.74) is 0. The Morgan fingerprint density at radius 3 is 3.00 bits per heavy atom. The van der Waals surface area contributed by atoms with E-state index in [1.54, 1.807) is 11.3 Å². The Labute approximate surface area is 110 Å². The van der Waals surface area contributed by atoms with Crippen molar-refractivity contribution in [3.05, 3.63) is 23.4 Å². The smallest absolute Gasteiger partial charge is 0.244 e. The zero-order chi connectivity index (χ0) is 12.4. The first-order valence-electron chi connectivity index (χ1n) is 6.17. The van der Waals surface area contributed by atoms with Gasteiger partial charge in [-0.05, 0) is 18.4 Å². The number of piperazine rings is 1. The van der Waals surface area contributed by atoms with E-state index >= 15 is 0 Å². The maximum absolute atomic E-state index is 5.39. The zero-order valence-corrected chi connectivity index (χ0v) is 11.1. The van der Waals surface area contributed by atoms with Gasteiger partial charge in [0.05, 0.1) is 10.9 Å². The number of thiophene rings is 1. The monoisotopic (exact) mass is 264 g/mol. The summed E-state index contributed by atoms with van der Waals surface area (Å²) in [5, 5.41) is 9.42. The van der Waals surface area contributed by atoms with Crippen LogP contribution >= 0.6 is 11.3 Å². The number of nitrogens with zero attached hydrogens (tertiary/aromatic N) is 3. The highest BCUT2D eigenvalue weighted by molar-refractivity contribution is 7.13. The first-order valence-corrected chi connectivity index (χ1v) is 7.05. The molecular formula is C12H16N4OS. The van der Waals surface area contributed by atoms with Gasteiger partial charge in [-0.15, -0.1) is 11.3 Å². The Bertz CT molecular complexity index is 490. The summed E-state index contributed by atoms with van der Waals surface area (Å²) in [6, 6.07) is 4.19. The van der Waals surface area contributed by atoms with Crippen LogP contribution in [0.3, 0.4) is 0 Å². The summed E-state index contributed by atoms with van der Waals surface area (Å²) in [6.07, 6.45) is 0. The molecular weight excluding hydrogens is 248 g/mol. The van der Waals surface area contributed by atoms with Gasteiger partial charge in [0.15, 0.2) is 0 Å². The van der Waals surface area contributed by atoms with E-state index in [2.05, 4.69) is 27.3 Å². The average Bonchev–Trinajstić information content (AvgIpc) is 3.09. The van der Waals surface area contributed by atoms with Gasteiger partial charge < -0.3 is 9.84 Å². The lowest BCUT2D eigenvalue weighted by molar-refractivity contribution is 0.154. The number of hydrogen-bond acceptors (Lipinski definition) is 6. The third-order valence-electron chi connectivity index (χ3n) is 3.24. The molecule has 6 heteroatoms. The summed E-state index contributed by atoms with van der Waals surface area (Å²) in [7, 11) is 0. The SMILES string of the molecule is CC(c1nc(-c2cccs2)no1)N1CCNCC1. The van der Waals surface area contributed by atoms with Crippen molar-refractivity contribution in [3.8, 4) is 10.7 Å². The lowest BCUT2D eigenvalue weighted by atomic mass is 10.2. The van der Waals surface area contributed by atoms with Crippen molar-refractivity contribution in [2.45, 2.75) is 13.0 Å². The Balaban J connectivity index is 1.76. The normalized spacial score (nSPS) is 18.9. The molecule has 96 valence electrons. The molecule has 2 aromatic rings. The summed E-state index contributed by atoms with van der Waals surface area (Å²) in [4.78, 5) is 7.91. The molecule has 0 amide bonds. The fraction of sp³-hybridized carbons (Fsp3) is 0.500. The van der Waals surface area contributed by atoms with E-state index in [0.29, 0.717) is 11.7 Å². The first-order chi connectivity index (χ1) is 8.84. The molecule has 1 N–H and O–H groups in total. The predicted molar refractivity (Wildman–Crippen MR) is 70.5 cm³/mol. The fourth-order valence-electron chi connectivity index (χ4n) is 2.14. The molecule has 18 heavy (non-hydrogen) atoms. The molecule has 1 fully saturated rings. The van der Waals surface area contributed by atoms with Crippen molar-refractivity contribution >= 4 is 11.3 Å². The van der Waals surface area contributed by atoms with Gasteiger partial charge in [0.25, 0.3) is 0 Å². The maximum atomic E-state index is 5.39. The van der Waals surface area contributed by atoms with E-state index in [-0.39, 0.29) is 6.04 Å². The van der Waals surface area contributed by atoms with Crippen molar-refractivity contribution in [2.24, 2.45) is 0 Å². The van der Waals surface area contributed by atoms with E-state index in [1.807, 2.05) is 17.5 Å². The van der Waals surface area contributed by atoms with Crippen molar-refractivity contribution in [1.82, 2.24) is 20.4 Å². The first kappa shape index (κ1) is 11.8. The Morgan fingerprint density at radius 2 is 2.28 bits per heavy atom. The largest absolute Gasteiger partial charge is 0.337 e. The fourth-order valence-corrected chi connectivity index (χ4v) is 2.79. The van der Waals surface area contributed by atoms with E-state index < -0.39 is 0 Å². The van der Waals surface area contributed by atoms with E-state index in [9.17, 15) is 0 Å². The molecule has 3 heterocycles. The van der Waals surface area contributed by atoms with Crippen LogP contribution in [0.25, 0.3) is 10.7 Å². The molecule has 0 saturated carbocycles. The molecule has 1 unspecified atom stereocenters. The molecule has 1 aliphatic heterocycles. The van der Waals surface area contributed by atoms with Gasteiger partial charge in [-0.3, -0.25) is 4.90 Å². The lowest BCUT2D eigenvalue weighted by Gasteiger charge is -2.30. The minimum Gasteiger partial charge on any atom is -0.337 e. The zero-order valence-electron chi connectivity index (χ0n) is 10.3.